The van der Waals surface area contributed by atoms with Gasteiger partial charge in [0.25, 0.3) is 0 Å². The molecule has 7 nitrogen and oxygen atoms in total. The minimum atomic E-state index is -0.527. The summed E-state index contributed by atoms with van der Waals surface area (Å²) in [5.74, 6) is -0.362. The first-order valence-electron chi connectivity index (χ1n) is 7.50. The quantitative estimate of drug-likeness (QED) is 0.860. The summed E-state index contributed by atoms with van der Waals surface area (Å²) in [6.45, 7) is 0. The summed E-state index contributed by atoms with van der Waals surface area (Å²) in [6.07, 6.45) is 4.64. The molecule has 0 radical (unpaired) electrons. The van der Waals surface area contributed by atoms with Gasteiger partial charge < -0.3 is 14.8 Å². The van der Waals surface area contributed by atoms with Crippen LogP contribution in [0.3, 0.4) is 0 Å². The zero-order valence-corrected chi connectivity index (χ0v) is 13.4. The second kappa shape index (κ2) is 6.66. The van der Waals surface area contributed by atoms with E-state index in [9.17, 15) is 9.59 Å². The molecule has 0 bridgehead atoms. The van der Waals surface area contributed by atoms with Crippen LogP contribution in [0, 0.1) is 0 Å². The van der Waals surface area contributed by atoms with E-state index in [-0.39, 0.29) is 17.7 Å². The summed E-state index contributed by atoms with van der Waals surface area (Å²) in [7, 11) is 2.67. The normalized spacial score (nSPS) is 15.5. The van der Waals surface area contributed by atoms with Crippen LogP contribution in [0.2, 0.25) is 0 Å². The number of carbonyl (C=O) groups excluding carboxylic acids is 2. The van der Waals surface area contributed by atoms with Crippen LogP contribution in [-0.4, -0.2) is 36.1 Å². The molecule has 0 saturated carbocycles. The van der Waals surface area contributed by atoms with Crippen molar-refractivity contribution in [1.82, 2.24) is 9.97 Å². The highest BCUT2D eigenvalue weighted by Crippen LogP contribution is 2.34. The number of nitrogens with one attached hydrogen (secondary N) is 1. The van der Waals surface area contributed by atoms with Gasteiger partial charge in [0, 0.05) is 0 Å². The van der Waals surface area contributed by atoms with Gasteiger partial charge in [-0.05, 0) is 36.1 Å². The van der Waals surface area contributed by atoms with Crippen molar-refractivity contribution in [3.8, 4) is 0 Å². The summed E-state index contributed by atoms with van der Waals surface area (Å²) < 4.78 is 9.40. The number of benzene rings is 1. The van der Waals surface area contributed by atoms with Crippen molar-refractivity contribution >= 4 is 17.8 Å². The van der Waals surface area contributed by atoms with Crippen LogP contribution in [0.25, 0.3) is 0 Å². The van der Waals surface area contributed by atoms with Gasteiger partial charge >= 0.3 is 11.9 Å². The fraction of sp³-hybridized carbons (Fsp3) is 0.294. The molecule has 1 aromatic carbocycles. The Morgan fingerprint density at radius 2 is 1.96 bits per heavy atom. The van der Waals surface area contributed by atoms with Gasteiger partial charge in [-0.25, -0.2) is 14.6 Å². The molecule has 1 heterocycles. The number of hydrogen-bond acceptors (Lipinski definition) is 7. The first-order valence-corrected chi connectivity index (χ1v) is 7.50. The van der Waals surface area contributed by atoms with Crippen molar-refractivity contribution in [3.63, 3.8) is 0 Å². The smallest absolute Gasteiger partial charge is 0.358 e. The number of fused-ring (bicyclic) bond motifs is 1. The average molecular weight is 327 g/mol. The molecule has 124 valence electrons. The molecular formula is C17H17N3O4. The van der Waals surface area contributed by atoms with Gasteiger partial charge in [0.1, 0.15) is 5.82 Å². The molecule has 1 aromatic heterocycles. The zero-order chi connectivity index (χ0) is 17.1. The lowest BCUT2D eigenvalue weighted by Gasteiger charge is -2.15. The number of hydrogen-bond donors (Lipinski definition) is 1. The third-order valence-corrected chi connectivity index (χ3v) is 3.99. The molecule has 0 aliphatic heterocycles. The van der Waals surface area contributed by atoms with E-state index in [0.29, 0.717) is 11.4 Å². The van der Waals surface area contributed by atoms with Crippen molar-refractivity contribution in [3.05, 3.63) is 53.0 Å². The highest BCUT2D eigenvalue weighted by molar-refractivity contribution is 5.89. The Morgan fingerprint density at radius 3 is 2.71 bits per heavy atom. The molecule has 0 fully saturated rings. The number of nitrogens with zero attached hydrogens (tertiary/aromatic N) is 2. The Morgan fingerprint density at radius 1 is 1.17 bits per heavy atom. The third-order valence-electron chi connectivity index (χ3n) is 3.99. The Labute approximate surface area is 139 Å². The van der Waals surface area contributed by atoms with Crippen molar-refractivity contribution in [1.29, 1.82) is 0 Å². The van der Waals surface area contributed by atoms with Crippen molar-refractivity contribution in [2.45, 2.75) is 18.9 Å². The molecule has 24 heavy (non-hydrogen) atoms. The maximum atomic E-state index is 11.6. The van der Waals surface area contributed by atoms with Gasteiger partial charge in [0.05, 0.1) is 38.2 Å². The number of rotatable bonds is 4. The van der Waals surface area contributed by atoms with Crippen LogP contribution in [0.4, 0.5) is 5.82 Å². The predicted octanol–water partition coefficient (Wildman–Crippen LogP) is 2.15. The number of carbonyl (C=O) groups is 2. The van der Waals surface area contributed by atoms with Crippen LogP contribution in [-0.2, 0) is 15.9 Å². The molecule has 1 N–H and O–H groups in total. The number of anilines is 1. The van der Waals surface area contributed by atoms with Crippen molar-refractivity contribution in [2.24, 2.45) is 0 Å². The molecule has 1 aliphatic carbocycles. The monoisotopic (exact) mass is 327 g/mol. The standard InChI is InChI=1S/C17H17N3O4/c1-23-16(21)11-3-5-12-10(7-11)4-6-13(12)19-15-9-18-8-14(20-15)17(22)24-2/h3,5,7-9,13H,4,6H2,1-2H3,(H,19,20). The summed E-state index contributed by atoms with van der Waals surface area (Å²) in [4.78, 5) is 31.4. The highest BCUT2D eigenvalue weighted by Gasteiger charge is 2.24. The first-order chi connectivity index (χ1) is 11.6. The predicted molar refractivity (Wildman–Crippen MR) is 85.8 cm³/mol. The second-order valence-corrected chi connectivity index (χ2v) is 5.42. The van der Waals surface area contributed by atoms with E-state index in [2.05, 4.69) is 20.0 Å². The summed E-state index contributed by atoms with van der Waals surface area (Å²) in [5, 5.41) is 3.28. The summed E-state index contributed by atoms with van der Waals surface area (Å²) in [5.41, 5.74) is 2.91. The molecule has 0 saturated heterocycles. The van der Waals surface area contributed by atoms with Crippen LogP contribution in [0.15, 0.2) is 30.6 Å². The fourth-order valence-corrected chi connectivity index (χ4v) is 2.83. The van der Waals surface area contributed by atoms with E-state index >= 15 is 0 Å². The molecule has 1 atom stereocenters. The highest BCUT2D eigenvalue weighted by atomic mass is 16.5. The number of aromatic nitrogens is 2. The molecule has 7 heteroatoms. The van der Waals surface area contributed by atoms with E-state index in [1.807, 2.05) is 12.1 Å². The third kappa shape index (κ3) is 3.05. The number of methoxy groups -OCH3 is 2. The number of ether oxygens (including phenoxy) is 2. The Balaban J connectivity index is 1.80. The van der Waals surface area contributed by atoms with Gasteiger partial charge in [-0.1, -0.05) is 6.07 Å². The van der Waals surface area contributed by atoms with Crippen LogP contribution >= 0.6 is 0 Å². The molecule has 0 amide bonds. The molecule has 0 spiro atoms. The largest absolute Gasteiger partial charge is 0.465 e. The minimum absolute atomic E-state index is 0.0499. The summed E-state index contributed by atoms with van der Waals surface area (Å²) >= 11 is 0. The van der Waals surface area contributed by atoms with Crippen LogP contribution < -0.4 is 5.32 Å². The van der Waals surface area contributed by atoms with E-state index in [0.717, 1.165) is 24.0 Å². The first kappa shape index (κ1) is 15.9. The van der Waals surface area contributed by atoms with Crippen LogP contribution in [0.1, 0.15) is 44.4 Å². The van der Waals surface area contributed by atoms with E-state index in [4.69, 9.17) is 4.74 Å². The Kier molecular flexibility index (Phi) is 4.41. The van der Waals surface area contributed by atoms with Crippen molar-refractivity contribution in [2.75, 3.05) is 19.5 Å². The minimum Gasteiger partial charge on any atom is -0.465 e. The number of esters is 2. The van der Waals surface area contributed by atoms with Gasteiger partial charge in [-0.3, -0.25) is 4.98 Å². The average Bonchev–Trinajstić information content (AvgIpc) is 3.02. The van der Waals surface area contributed by atoms with E-state index < -0.39 is 5.97 Å². The molecule has 3 rings (SSSR count). The van der Waals surface area contributed by atoms with E-state index in [1.165, 1.54) is 20.4 Å². The zero-order valence-electron chi connectivity index (χ0n) is 13.4. The Hall–Kier alpha value is -2.96. The maximum Gasteiger partial charge on any atom is 0.358 e. The molecule has 1 unspecified atom stereocenters. The van der Waals surface area contributed by atoms with Gasteiger partial charge in [0.15, 0.2) is 5.69 Å². The maximum absolute atomic E-state index is 11.6. The SMILES string of the molecule is COC(=O)c1ccc2c(c1)CCC2Nc1cncc(C(=O)OC)n1. The van der Waals surface area contributed by atoms with E-state index in [1.54, 1.807) is 12.3 Å². The lowest BCUT2D eigenvalue weighted by atomic mass is 10.0. The number of aryl methyl sites for hydroxylation is 1. The topological polar surface area (TPSA) is 90.4 Å². The molecular weight excluding hydrogens is 310 g/mol. The van der Waals surface area contributed by atoms with Gasteiger partial charge in [-0.15, -0.1) is 0 Å². The van der Waals surface area contributed by atoms with Gasteiger partial charge in [0.2, 0.25) is 0 Å². The Bertz CT molecular complexity index is 791. The second-order valence-electron chi connectivity index (χ2n) is 5.42. The van der Waals surface area contributed by atoms with Crippen LogP contribution in [0.5, 0.6) is 0 Å². The van der Waals surface area contributed by atoms with Gasteiger partial charge in [-0.2, -0.15) is 0 Å². The lowest BCUT2D eigenvalue weighted by molar-refractivity contribution is 0.0587. The summed E-state index contributed by atoms with van der Waals surface area (Å²) in [6, 6.07) is 5.58. The molecule has 1 aliphatic rings. The lowest BCUT2D eigenvalue weighted by Crippen LogP contribution is -2.12. The fourth-order valence-electron chi connectivity index (χ4n) is 2.83. The molecule has 2 aromatic rings. The van der Waals surface area contributed by atoms with Crippen molar-refractivity contribution < 1.29 is 19.1 Å².